The molecule has 0 aliphatic carbocycles. The molecular weight excluding hydrogens is 473 g/mol. The lowest BCUT2D eigenvalue weighted by molar-refractivity contribution is 0.0177. The molecule has 2 fully saturated rings. The lowest BCUT2D eigenvalue weighted by Gasteiger charge is -2.34. The first-order chi connectivity index (χ1) is 12.8. The van der Waals surface area contributed by atoms with E-state index in [0.29, 0.717) is 12.0 Å². The average molecular weight is 507 g/mol. The number of nitrogens with one attached hydrogen (secondary N) is 2. The highest BCUT2D eigenvalue weighted by Crippen LogP contribution is 2.25. The predicted octanol–water partition coefficient (Wildman–Crippen LogP) is 2.25. The molecule has 0 saturated carbocycles. The molecule has 27 heavy (non-hydrogen) atoms. The van der Waals surface area contributed by atoms with Crippen LogP contribution in [-0.2, 0) is 4.74 Å². The van der Waals surface area contributed by atoms with E-state index in [0.717, 1.165) is 45.4 Å². The second kappa shape index (κ2) is 12.2. The van der Waals surface area contributed by atoms with E-state index in [-0.39, 0.29) is 24.0 Å². The smallest absolute Gasteiger partial charge is 0.191 e. The molecule has 1 aromatic rings. The molecular formula is C19H34IN5OS. The van der Waals surface area contributed by atoms with Crippen LogP contribution in [0.25, 0.3) is 0 Å². The molecule has 154 valence electrons. The number of hydrogen-bond donors (Lipinski definition) is 2. The maximum Gasteiger partial charge on any atom is 0.191 e. The minimum Gasteiger partial charge on any atom is -0.379 e. The van der Waals surface area contributed by atoms with Gasteiger partial charge in [0, 0.05) is 44.6 Å². The third-order valence-electron chi connectivity index (χ3n) is 5.32. The number of thiophene rings is 1. The standard InChI is InChI=1S/C19H33N5OS.HI/c1-20-19(21-13-16-5-3-7-23(2)15-16)22-14-17(18-6-4-12-26-18)24-8-10-25-11-9-24;/h4,6,12,16-17H,3,5,7-11,13-15H2,1-2H3,(H2,20,21,22);1H. The molecule has 0 amide bonds. The van der Waals surface area contributed by atoms with Gasteiger partial charge in [0.1, 0.15) is 0 Å². The highest BCUT2D eigenvalue weighted by atomic mass is 127. The highest BCUT2D eigenvalue weighted by molar-refractivity contribution is 14.0. The molecule has 2 N–H and O–H groups in total. The van der Waals surface area contributed by atoms with E-state index in [1.165, 1.54) is 30.8 Å². The zero-order valence-electron chi connectivity index (χ0n) is 16.5. The average Bonchev–Trinajstić information content (AvgIpc) is 3.20. The van der Waals surface area contributed by atoms with Gasteiger partial charge in [0.2, 0.25) is 0 Å². The summed E-state index contributed by atoms with van der Waals surface area (Å²) in [6.07, 6.45) is 2.60. The van der Waals surface area contributed by atoms with Gasteiger partial charge in [-0.2, -0.15) is 0 Å². The summed E-state index contributed by atoms with van der Waals surface area (Å²) in [5.74, 6) is 1.62. The first-order valence-corrected chi connectivity index (χ1v) is 10.6. The summed E-state index contributed by atoms with van der Waals surface area (Å²) in [5.41, 5.74) is 0. The first-order valence-electron chi connectivity index (χ1n) is 9.74. The van der Waals surface area contributed by atoms with Crippen LogP contribution in [0.1, 0.15) is 23.8 Å². The van der Waals surface area contributed by atoms with Gasteiger partial charge in [-0.3, -0.25) is 9.89 Å². The Morgan fingerprint density at radius 2 is 2.15 bits per heavy atom. The lowest BCUT2D eigenvalue weighted by atomic mass is 9.99. The monoisotopic (exact) mass is 507 g/mol. The predicted molar refractivity (Wildman–Crippen MR) is 124 cm³/mol. The topological polar surface area (TPSA) is 52.1 Å². The number of guanidine groups is 1. The molecule has 3 heterocycles. The third-order valence-corrected chi connectivity index (χ3v) is 6.30. The number of likely N-dealkylation sites (tertiary alicyclic amines) is 1. The van der Waals surface area contributed by atoms with Crippen LogP contribution in [0.15, 0.2) is 22.5 Å². The van der Waals surface area contributed by atoms with E-state index in [4.69, 9.17) is 4.74 Å². The quantitative estimate of drug-likeness (QED) is 0.352. The van der Waals surface area contributed by atoms with Crippen molar-refractivity contribution in [2.24, 2.45) is 10.9 Å². The van der Waals surface area contributed by atoms with E-state index in [1.807, 2.05) is 18.4 Å². The van der Waals surface area contributed by atoms with Crippen molar-refractivity contribution in [1.82, 2.24) is 20.4 Å². The number of piperidine rings is 1. The van der Waals surface area contributed by atoms with Gasteiger partial charge < -0.3 is 20.3 Å². The molecule has 2 atom stereocenters. The second-order valence-corrected chi connectivity index (χ2v) is 8.26. The van der Waals surface area contributed by atoms with Gasteiger partial charge in [-0.25, -0.2) is 0 Å². The Morgan fingerprint density at radius 1 is 1.33 bits per heavy atom. The Labute approximate surface area is 184 Å². The normalized spacial score (nSPS) is 23.5. The molecule has 1 aromatic heterocycles. The fourth-order valence-corrected chi connectivity index (χ4v) is 4.74. The Hall–Kier alpha value is -0.420. The zero-order chi connectivity index (χ0) is 18.2. The Bertz CT molecular complexity index is 550. The van der Waals surface area contributed by atoms with Gasteiger partial charge in [0.05, 0.1) is 19.3 Å². The summed E-state index contributed by atoms with van der Waals surface area (Å²) in [6, 6.07) is 4.75. The van der Waals surface area contributed by atoms with Crippen molar-refractivity contribution < 1.29 is 4.74 Å². The van der Waals surface area contributed by atoms with Crippen molar-refractivity contribution in [2.45, 2.75) is 18.9 Å². The van der Waals surface area contributed by atoms with Crippen molar-refractivity contribution in [2.75, 3.05) is 66.6 Å². The fraction of sp³-hybridized carbons (Fsp3) is 0.737. The van der Waals surface area contributed by atoms with Crippen molar-refractivity contribution in [3.05, 3.63) is 22.4 Å². The van der Waals surface area contributed by atoms with Crippen LogP contribution in [0, 0.1) is 5.92 Å². The lowest BCUT2D eigenvalue weighted by Crippen LogP contribution is -2.47. The molecule has 2 aliphatic heterocycles. The van der Waals surface area contributed by atoms with E-state index < -0.39 is 0 Å². The number of nitrogens with zero attached hydrogens (tertiary/aromatic N) is 3. The van der Waals surface area contributed by atoms with Crippen LogP contribution in [0.2, 0.25) is 0 Å². The molecule has 2 unspecified atom stereocenters. The van der Waals surface area contributed by atoms with Gasteiger partial charge in [-0.05, 0) is 43.8 Å². The SMILES string of the molecule is CN=C(NCC1CCCN(C)C1)NCC(c1cccs1)N1CCOCC1.I. The van der Waals surface area contributed by atoms with E-state index in [9.17, 15) is 0 Å². The van der Waals surface area contributed by atoms with Gasteiger partial charge in [0.15, 0.2) is 5.96 Å². The fourth-order valence-electron chi connectivity index (χ4n) is 3.87. The maximum absolute atomic E-state index is 5.53. The highest BCUT2D eigenvalue weighted by Gasteiger charge is 2.24. The molecule has 0 spiro atoms. The maximum atomic E-state index is 5.53. The van der Waals surface area contributed by atoms with Gasteiger partial charge in [-0.1, -0.05) is 6.07 Å². The number of morpholine rings is 1. The zero-order valence-corrected chi connectivity index (χ0v) is 19.7. The summed E-state index contributed by atoms with van der Waals surface area (Å²) in [5, 5.41) is 9.25. The molecule has 8 heteroatoms. The van der Waals surface area contributed by atoms with Crippen molar-refractivity contribution in [1.29, 1.82) is 0 Å². The number of rotatable bonds is 6. The third kappa shape index (κ3) is 7.16. The van der Waals surface area contributed by atoms with Crippen LogP contribution >= 0.6 is 35.3 Å². The van der Waals surface area contributed by atoms with Crippen molar-refractivity contribution in [3.63, 3.8) is 0 Å². The van der Waals surface area contributed by atoms with Crippen LogP contribution in [0.5, 0.6) is 0 Å². The van der Waals surface area contributed by atoms with Crippen LogP contribution in [0.3, 0.4) is 0 Å². The number of halogens is 1. The molecule has 2 aliphatic rings. The first kappa shape index (κ1) is 22.9. The van der Waals surface area contributed by atoms with Crippen LogP contribution in [-0.4, -0.2) is 82.3 Å². The summed E-state index contributed by atoms with van der Waals surface area (Å²) in [6.45, 7) is 7.89. The number of aliphatic imine (C=N–C) groups is 1. The van der Waals surface area contributed by atoms with Gasteiger partial charge in [0.25, 0.3) is 0 Å². The van der Waals surface area contributed by atoms with E-state index >= 15 is 0 Å². The molecule has 3 rings (SSSR count). The van der Waals surface area contributed by atoms with Crippen molar-refractivity contribution >= 4 is 41.3 Å². The molecule has 6 nitrogen and oxygen atoms in total. The number of hydrogen-bond acceptors (Lipinski definition) is 5. The van der Waals surface area contributed by atoms with Gasteiger partial charge >= 0.3 is 0 Å². The van der Waals surface area contributed by atoms with Crippen LogP contribution in [0.4, 0.5) is 0 Å². The summed E-state index contributed by atoms with van der Waals surface area (Å²) in [7, 11) is 4.07. The Morgan fingerprint density at radius 3 is 2.81 bits per heavy atom. The Balaban J connectivity index is 0.00000261. The minimum atomic E-state index is 0. The second-order valence-electron chi connectivity index (χ2n) is 7.28. The van der Waals surface area contributed by atoms with Crippen LogP contribution < -0.4 is 10.6 Å². The van der Waals surface area contributed by atoms with E-state index in [2.05, 4.69) is 50.0 Å². The summed E-state index contributed by atoms with van der Waals surface area (Å²) >= 11 is 1.83. The summed E-state index contributed by atoms with van der Waals surface area (Å²) in [4.78, 5) is 10.8. The van der Waals surface area contributed by atoms with Crippen molar-refractivity contribution in [3.8, 4) is 0 Å². The minimum absolute atomic E-state index is 0. The molecule has 0 aromatic carbocycles. The molecule has 0 bridgehead atoms. The largest absolute Gasteiger partial charge is 0.379 e. The molecule has 2 saturated heterocycles. The molecule has 0 radical (unpaired) electrons. The Kier molecular flexibility index (Phi) is 10.3. The van der Waals surface area contributed by atoms with Gasteiger partial charge in [-0.15, -0.1) is 35.3 Å². The number of ether oxygens (including phenoxy) is 1. The van der Waals surface area contributed by atoms with E-state index in [1.54, 1.807) is 0 Å². The summed E-state index contributed by atoms with van der Waals surface area (Å²) < 4.78 is 5.53.